The predicted octanol–water partition coefficient (Wildman–Crippen LogP) is 2.04. The van der Waals surface area contributed by atoms with Crippen molar-refractivity contribution in [2.45, 2.75) is 0 Å². The van der Waals surface area contributed by atoms with E-state index in [0.29, 0.717) is 0 Å². The summed E-state index contributed by atoms with van der Waals surface area (Å²) < 4.78 is 7.71. The summed E-state index contributed by atoms with van der Waals surface area (Å²) in [7, 11) is 1.63. The zero-order valence-electron chi connectivity index (χ0n) is 7.51. The van der Waals surface area contributed by atoms with Gasteiger partial charge in [0.05, 0.1) is 17.3 Å². The predicted molar refractivity (Wildman–Crippen MR) is 55.6 cm³/mol. The maximum atomic E-state index is 5.13. The summed E-state index contributed by atoms with van der Waals surface area (Å²) in [4.78, 5) is 3.88. The molecule has 0 aliphatic heterocycles. The molecule has 2 rings (SSSR count). The van der Waals surface area contributed by atoms with Crippen LogP contribution in [0.2, 0.25) is 0 Å². The Morgan fingerprint density at radius 2 is 2.29 bits per heavy atom. The van der Waals surface area contributed by atoms with Crippen molar-refractivity contribution in [2.24, 2.45) is 0 Å². The lowest BCUT2D eigenvalue weighted by Crippen LogP contribution is -1.94. The van der Waals surface area contributed by atoms with Crippen LogP contribution in [0.1, 0.15) is 0 Å². The molecule has 0 aliphatic carbocycles. The molecular formula is C9H8BrN3O. The summed E-state index contributed by atoms with van der Waals surface area (Å²) in [6.07, 6.45) is 3.15. The van der Waals surface area contributed by atoms with E-state index in [-0.39, 0.29) is 0 Å². The number of nitrogens with zero attached hydrogens (tertiary/aromatic N) is 3. The fourth-order valence-electron chi connectivity index (χ4n) is 1.14. The third kappa shape index (κ3) is 1.63. The lowest BCUT2D eigenvalue weighted by atomic mass is 10.3. The molecule has 14 heavy (non-hydrogen) atoms. The van der Waals surface area contributed by atoms with Crippen LogP contribution in [0.3, 0.4) is 0 Å². The van der Waals surface area contributed by atoms with E-state index < -0.39 is 0 Å². The topological polar surface area (TPSA) is 39.9 Å². The van der Waals surface area contributed by atoms with Gasteiger partial charge in [-0.3, -0.25) is 0 Å². The van der Waals surface area contributed by atoms with Crippen LogP contribution in [0.5, 0.6) is 5.75 Å². The first-order valence-electron chi connectivity index (χ1n) is 4.00. The number of rotatable bonds is 2. The van der Waals surface area contributed by atoms with Crippen LogP contribution in [-0.4, -0.2) is 21.9 Å². The van der Waals surface area contributed by atoms with Gasteiger partial charge in [0.15, 0.2) is 0 Å². The lowest BCUT2D eigenvalue weighted by molar-refractivity contribution is 0.412. The van der Waals surface area contributed by atoms with E-state index in [1.54, 1.807) is 18.1 Å². The summed E-state index contributed by atoms with van der Waals surface area (Å²) in [5.74, 6) is 0.800. The summed E-state index contributed by atoms with van der Waals surface area (Å²) >= 11 is 3.41. The second kappa shape index (κ2) is 3.79. The third-order valence-corrected chi connectivity index (χ3v) is 2.44. The van der Waals surface area contributed by atoms with Crippen LogP contribution >= 0.6 is 15.9 Å². The molecule has 0 amide bonds. The maximum Gasteiger partial charge on any atom is 0.138 e. The number of aromatic nitrogens is 3. The quantitative estimate of drug-likeness (QED) is 0.823. The molecule has 0 N–H and O–H groups in total. The molecule has 0 saturated heterocycles. The molecule has 0 fully saturated rings. The molecule has 72 valence electrons. The molecule has 1 aromatic carbocycles. The van der Waals surface area contributed by atoms with Crippen molar-refractivity contribution >= 4 is 15.9 Å². The Hall–Kier alpha value is -1.36. The van der Waals surface area contributed by atoms with Gasteiger partial charge in [-0.05, 0) is 34.1 Å². The number of halogens is 1. The van der Waals surface area contributed by atoms with E-state index in [1.165, 1.54) is 6.33 Å². The highest BCUT2D eigenvalue weighted by molar-refractivity contribution is 9.10. The zero-order valence-corrected chi connectivity index (χ0v) is 9.10. The zero-order chi connectivity index (χ0) is 9.97. The highest BCUT2D eigenvalue weighted by Crippen LogP contribution is 2.26. The van der Waals surface area contributed by atoms with Crippen molar-refractivity contribution in [3.63, 3.8) is 0 Å². The molecule has 4 nitrogen and oxygen atoms in total. The monoisotopic (exact) mass is 253 g/mol. The Balaban J connectivity index is 2.43. The van der Waals surface area contributed by atoms with Crippen molar-refractivity contribution < 1.29 is 4.74 Å². The molecular weight excluding hydrogens is 246 g/mol. The Morgan fingerprint density at radius 3 is 2.86 bits per heavy atom. The van der Waals surface area contributed by atoms with Gasteiger partial charge >= 0.3 is 0 Å². The smallest absolute Gasteiger partial charge is 0.138 e. The minimum absolute atomic E-state index is 0.800. The normalized spacial score (nSPS) is 10.1. The highest BCUT2D eigenvalue weighted by Gasteiger charge is 2.02. The first-order chi connectivity index (χ1) is 6.81. The summed E-state index contributed by atoms with van der Waals surface area (Å²) in [6.45, 7) is 0. The fourth-order valence-corrected chi connectivity index (χ4v) is 1.67. The van der Waals surface area contributed by atoms with Crippen LogP contribution in [0.25, 0.3) is 5.69 Å². The molecule has 0 atom stereocenters. The Morgan fingerprint density at radius 1 is 1.43 bits per heavy atom. The van der Waals surface area contributed by atoms with Crippen molar-refractivity contribution in [2.75, 3.05) is 7.11 Å². The molecule has 0 bridgehead atoms. The summed E-state index contributed by atoms with van der Waals surface area (Å²) in [5.41, 5.74) is 0.940. The number of benzene rings is 1. The molecule has 0 unspecified atom stereocenters. The second-order valence-electron chi connectivity index (χ2n) is 2.66. The second-order valence-corrected chi connectivity index (χ2v) is 3.51. The van der Waals surface area contributed by atoms with Gasteiger partial charge in [-0.15, -0.1) is 0 Å². The van der Waals surface area contributed by atoms with Crippen LogP contribution < -0.4 is 4.74 Å². The molecule has 0 aliphatic rings. The Labute approximate surface area is 89.7 Å². The molecule has 0 saturated carbocycles. The highest BCUT2D eigenvalue weighted by atomic mass is 79.9. The minimum atomic E-state index is 0.800. The third-order valence-electron chi connectivity index (χ3n) is 1.82. The lowest BCUT2D eigenvalue weighted by Gasteiger charge is -2.05. The molecule has 1 aromatic heterocycles. The van der Waals surface area contributed by atoms with E-state index in [4.69, 9.17) is 4.74 Å². The number of methoxy groups -OCH3 is 1. The van der Waals surface area contributed by atoms with Crippen molar-refractivity contribution in [1.29, 1.82) is 0 Å². The van der Waals surface area contributed by atoms with Gasteiger partial charge in [0.25, 0.3) is 0 Å². The molecule has 1 heterocycles. The minimum Gasteiger partial charge on any atom is -0.496 e. The largest absolute Gasteiger partial charge is 0.496 e. The van der Waals surface area contributed by atoms with Gasteiger partial charge in [0, 0.05) is 0 Å². The van der Waals surface area contributed by atoms with E-state index in [1.807, 2.05) is 18.2 Å². The van der Waals surface area contributed by atoms with E-state index in [0.717, 1.165) is 15.9 Å². The molecule has 0 radical (unpaired) electrons. The van der Waals surface area contributed by atoms with Gasteiger partial charge in [-0.25, -0.2) is 9.67 Å². The summed E-state index contributed by atoms with van der Waals surface area (Å²) in [5, 5.41) is 4.03. The van der Waals surface area contributed by atoms with E-state index in [2.05, 4.69) is 26.0 Å². The molecule has 2 aromatic rings. The Bertz CT molecular complexity index is 428. The van der Waals surface area contributed by atoms with E-state index in [9.17, 15) is 0 Å². The van der Waals surface area contributed by atoms with Gasteiger partial charge in [-0.1, -0.05) is 0 Å². The number of hydrogen-bond donors (Lipinski definition) is 0. The standard InChI is InChI=1S/C9H8BrN3O/c1-14-9-3-2-7(4-8(9)10)13-6-11-5-12-13/h2-6H,1H3. The van der Waals surface area contributed by atoms with E-state index >= 15 is 0 Å². The molecule has 5 heteroatoms. The van der Waals surface area contributed by atoms with Crippen LogP contribution in [0, 0.1) is 0 Å². The van der Waals surface area contributed by atoms with Gasteiger partial charge in [0.2, 0.25) is 0 Å². The van der Waals surface area contributed by atoms with Crippen molar-refractivity contribution in [3.05, 3.63) is 35.3 Å². The first kappa shape index (κ1) is 9.21. The molecule has 0 spiro atoms. The Kier molecular flexibility index (Phi) is 2.49. The first-order valence-corrected chi connectivity index (χ1v) is 4.79. The van der Waals surface area contributed by atoms with Crippen LogP contribution in [0.15, 0.2) is 35.3 Å². The van der Waals surface area contributed by atoms with Gasteiger partial charge in [0.1, 0.15) is 18.4 Å². The van der Waals surface area contributed by atoms with Crippen molar-refractivity contribution in [3.8, 4) is 11.4 Å². The van der Waals surface area contributed by atoms with Crippen LogP contribution in [-0.2, 0) is 0 Å². The van der Waals surface area contributed by atoms with Gasteiger partial charge < -0.3 is 4.74 Å². The fraction of sp³-hybridized carbons (Fsp3) is 0.111. The summed E-state index contributed by atoms with van der Waals surface area (Å²) in [6, 6.07) is 5.72. The maximum absolute atomic E-state index is 5.13. The van der Waals surface area contributed by atoms with Gasteiger partial charge in [-0.2, -0.15) is 5.10 Å². The number of ether oxygens (including phenoxy) is 1. The average molecular weight is 254 g/mol. The average Bonchev–Trinajstić information content (AvgIpc) is 2.70. The van der Waals surface area contributed by atoms with Crippen LogP contribution in [0.4, 0.5) is 0 Å². The SMILES string of the molecule is COc1ccc(-n2cncn2)cc1Br. The number of hydrogen-bond acceptors (Lipinski definition) is 3. The van der Waals surface area contributed by atoms with Crippen molar-refractivity contribution in [1.82, 2.24) is 14.8 Å².